The molecule has 0 saturated carbocycles. The quantitative estimate of drug-likeness (QED) is 0.428. The molecule has 0 aromatic heterocycles. The lowest BCUT2D eigenvalue weighted by Gasteiger charge is -2.00. The Balaban J connectivity index is 3.15. The van der Waals surface area contributed by atoms with Gasteiger partial charge in [0, 0.05) is 26.5 Å². The Morgan fingerprint density at radius 2 is 2.36 bits per heavy atom. The van der Waals surface area contributed by atoms with Crippen molar-refractivity contribution in [1.82, 2.24) is 5.32 Å². The van der Waals surface area contributed by atoms with Crippen LogP contribution in [0.25, 0.3) is 0 Å². The molecule has 11 heavy (non-hydrogen) atoms. The third-order valence-corrected chi connectivity index (χ3v) is 1.12. The predicted molar refractivity (Wildman–Crippen MR) is 40.2 cm³/mol. The number of carbonyl (C=O) groups is 2. The number of amides is 1. The fourth-order valence-electron chi connectivity index (χ4n) is 0.554. The lowest BCUT2D eigenvalue weighted by molar-refractivity contribution is -0.121. The molecule has 0 aliphatic rings. The van der Waals surface area contributed by atoms with Crippen molar-refractivity contribution in [3.8, 4) is 0 Å². The standard InChI is InChI=1S/C7H13NO3/c1-11-6-3-7(10)8-4-2-5-9/h5H,2-4,6H2,1H3,(H,8,10). The van der Waals surface area contributed by atoms with Gasteiger partial charge in [0.25, 0.3) is 0 Å². The van der Waals surface area contributed by atoms with Crippen LogP contribution in [0.4, 0.5) is 0 Å². The van der Waals surface area contributed by atoms with Gasteiger partial charge in [-0.3, -0.25) is 4.79 Å². The minimum atomic E-state index is -0.0753. The smallest absolute Gasteiger partial charge is 0.222 e. The van der Waals surface area contributed by atoms with E-state index in [1.807, 2.05) is 0 Å². The van der Waals surface area contributed by atoms with Gasteiger partial charge < -0.3 is 14.8 Å². The van der Waals surface area contributed by atoms with Crippen molar-refractivity contribution in [2.75, 3.05) is 20.3 Å². The SMILES string of the molecule is COCCC(=O)NCCC=O. The fraction of sp³-hybridized carbons (Fsp3) is 0.714. The molecule has 0 spiro atoms. The zero-order chi connectivity index (χ0) is 8.53. The number of rotatable bonds is 6. The Morgan fingerprint density at radius 1 is 1.64 bits per heavy atom. The maximum absolute atomic E-state index is 10.8. The number of carbonyl (C=O) groups excluding carboxylic acids is 2. The van der Waals surface area contributed by atoms with E-state index in [4.69, 9.17) is 0 Å². The van der Waals surface area contributed by atoms with Crippen LogP contribution < -0.4 is 5.32 Å². The summed E-state index contributed by atoms with van der Waals surface area (Å²) in [5.41, 5.74) is 0. The monoisotopic (exact) mass is 159 g/mol. The average Bonchev–Trinajstić information content (AvgIpc) is 2.01. The summed E-state index contributed by atoms with van der Waals surface area (Å²) in [5, 5.41) is 2.57. The van der Waals surface area contributed by atoms with Gasteiger partial charge in [-0.1, -0.05) is 0 Å². The highest BCUT2D eigenvalue weighted by Gasteiger charge is 1.97. The van der Waals surface area contributed by atoms with Gasteiger partial charge in [-0.05, 0) is 0 Å². The van der Waals surface area contributed by atoms with E-state index in [-0.39, 0.29) is 5.91 Å². The fourth-order valence-corrected chi connectivity index (χ4v) is 0.554. The highest BCUT2D eigenvalue weighted by Crippen LogP contribution is 1.80. The van der Waals surface area contributed by atoms with Gasteiger partial charge in [0.2, 0.25) is 5.91 Å². The second-order valence-corrected chi connectivity index (χ2v) is 2.05. The zero-order valence-corrected chi connectivity index (χ0v) is 6.63. The van der Waals surface area contributed by atoms with Crippen LogP contribution in [0.1, 0.15) is 12.8 Å². The van der Waals surface area contributed by atoms with Crippen molar-refractivity contribution < 1.29 is 14.3 Å². The summed E-state index contributed by atoms with van der Waals surface area (Å²) in [6, 6.07) is 0. The molecule has 0 aliphatic carbocycles. The first-order valence-corrected chi connectivity index (χ1v) is 3.50. The van der Waals surface area contributed by atoms with Crippen molar-refractivity contribution in [3.63, 3.8) is 0 Å². The summed E-state index contributed by atoms with van der Waals surface area (Å²) in [4.78, 5) is 20.6. The lowest BCUT2D eigenvalue weighted by Crippen LogP contribution is -2.25. The van der Waals surface area contributed by atoms with E-state index in [1.54, 1.807) is 7.11 Å². The second kappa shape index (κ2) is 7.21. The van der Waals surface area contributed by atoms with E-state index in [1.165, 1.54) is 0 Å². The van der Waals surface area contributed by atoms with Gasteiger partial charge in [-0.2, -0.15) is 0 Å². The molecular weight excluding hydrogens is 146 g/mol. The third-order valence-electron chi connectivity index (χ3n) is 1.12. The van der Waals surface area contributed by atoms with Gasteiger partial charge >= 0.3 is 0 Å². The van der Waals surface area contributed by atoms with Crippen LogP contribution in [0.5, 0.6) is 0 Å². The maximum atomic E-state index is 10.8. The molecule has 0 rings (SSSR count). The molecule has 0 atom stereocenters. The van der Waals surface area contributed by atoms with Crippen LogP contribution in [-0.4, -0.2) is 32.5 Å². The Labute approximate surface area is 65.9 Å². The number of methoxy groups -OCH3 is 1. The molecule has 0 radical (unpaired) electrons. The highest BCUT2D eigenvalue weighted by molar-refractivity contribution is 5.76. The molecule has 0 saturated heterocycles. The number of nitrogens with one attached hydrogen (secondary N) is 1. The molecule has 4 nitrogen and oxygen atoms in total. The van der Waals surface area contributed by atoms with Crippen molar-refractivity contribution in [2.45, 2.75) is 12.8 Å². The lowest BCUT2D eigenvalue weighted by atomic mass is 10.4. The first kappa shape index (κ1) is 10.1. The first-order valence-electron chi connectivity index (χ1n) is 3.50. The molecule has 0 fully saturated rings. The Hall–Kier alpha value is -0.900. The summed E-state index contributed by atoms with van der Waals surface area (Å²) in [7, 11) is 1.54. The Morgan fingerprint density at radius 3 is 2.91 bits per heavy atom. The minimum Gasteiger partial charge on any atom is -0.384 e. The minimum absolute atomic E-state index is 0.0753. The molecule has 0 aromatic carbocycles. The maximum Gasteiger partial charge on any atom is 0.222 e. The van der Waals surface area contributed by atoms with Gasteiger partial charge in [0.05, 0.1) is 6.61 Å². The second-order valence-electron chi connectivity index (χ2n) is 2.05. The van der Waals surface area contributed by atoms with E-state index in [9.17, 15) is 9.59 Å². The molecule has 0 aromatic rings. The van der Waals surface area contributed by atoms with E-state index < -0.39 is 0 Å². The molecule has 1 amide bonds. The van der Waals surface area contributed by atoms with E-state index in [0.717, 1.165) is 6.29 Å². The van der Waals surface area contributed by atoms with Crippen LogP contribution in [0.3, 0.4) is 0 Å². The van der Waals surface area contributed by atoms with Crippen molar-refractivity contribution in [3.05, 3.63) is 0 Å². The van der Waals surface area contributed by atoms with Crippen LogP contribution in [0.2, 0.25) is 0 Å². The molecule has 0 unspecified atom stereocenters. The number of hydrogen-bond acceptors (Lipinski definition) is 3. The number of hydrogen-bond donors (Lipinski definition) is 1. The summed E-state index contributed by atoms with van der Waals surface area (Å²) in [6.45, 7) is 0.846. The first-order chi connectivity index (χ1) is 5.31. The average molecular weight is 159 g/mol. The third kappa shape index (κ3) is 6.99. The van der Waals surface area contributed by atoms with Crippen LogP contribution in [0.15, 0.2) is 0 Å². The Bertz CT molecular complexity index is 125. The van der Waals surface area contributed by atoms with Crippen molar-refractivity contribution in [2.24, 2.45) is 0 Å². The summed E-state index contributed by atoms with van der Waals surface area (Å²) in [6.07, 6.45) is 1.50. The van der Waals surface area contributed by atoms with Crippen LogP contribution in [0, 0.1) is 0 Å². The topological polar surface area (TPSA) is 55.4 Å². The van der Waals surface area contributed by atoms with Crippen LogP contribution >= 0.6 is 0 Å². The normalized spacial score (nSPS) is 9.18. The van der Waals surface area contributed by atoms with Crippen LogP contribution in [-0.2, 0) is 14.3 Å². The number of ether oxygens (including phenoxy) is 1. The van der Waals surface area contributed by atoms with E-state index in [2.05, 4.69) is 10.1 Å². The molecule has 0 bridgehead atoms. The summed E-state index contributed by atoms with van der Waals surface area (Å²) in [5.74, 6) is -0.0753. The van der Waals surface area contributed by atoms with E-state index >= 15 is 0 Å². The van der Waals surface area contributed by atoms with Crippen molar-refractivity contribution >= 4 is 12.2 Å². The molecule has 4 heteroatoms. The molecule has 0 aliphatic heterocycles. The zero-order valence-electron chi connectivity index (χ0n) is 6.63. The molecule has 64 valence electrons. The predicted octanol–water partition coefficient (Wildman–Crippen LogP) is -0.272. The van der Waals surface area contributed by atoms with Gasteiger partial charge in [0.15, 0.2) is 0 Å². The van der Waals surface area contributed by atoms with Gasteiger partial charge in [0.1, 0.15) is 6.29 Å². The molecule has 1 N–H and O–H groups in total. The molecular formula is C7H13NO3. The van der Waals surface area contributed by atoms with Gasteiger partial charge in [-0.25, -0.2) is 0 Å². The summed E-state index contributed by atoms with van der Waals surface area (Å²) < 4.78 is 4.69. The summed E-state index contributed by atoms with van der Waals surface area (Å²) >= 11 is 0. The molecule has 0 heterocycles. The van der Waals surface area contributed by atoms with E-state index in [0.29, 0.717) is 26.0 Å². The Kier molecular flexibility index (Phi) is 6.62. The number of aldehydes is 1. The highest BCUT2D eigenvalue weighted by atomic mass is 16.5. The van der Waals surface area contributed by atoms with Gasteiger partial charge in [-0.15, -0.1) is 0 Å². The largest absolute Gasteiger partial charge is 0.384 e. The van der Waals surface area contributed by atoms with Crippen molar-refractivity contribution in [1.29, 1.82) is 0 Å².